The summed E-state index contributed by atoms with van der Waals surface area (Å²) >= 11 is 0. The molecule has 0 aliphatic carbocycles. The fourth-order valence-electron chi connectivity index (χ4n) is 2.06. The fraction of sp³-hybridized carbons (Fsp3) is 0.417. The van der Waals surface area contributed by atoms with Crippen molar-refractivity contribution in [2.45, 2.75) is 32.1 Å². The Labute approximate surface area is 96.8 Å². The first-order chi connectivity index (χ1) is 7.93. The Hall–Kier alpha value is -1.36. The van der Waals surface area contributed by atoms with Crippen LogP contribution in [0.2, 0.25) is 0 Å². The number of halogens is 3. The molecule has 0 fully saturated rings. The zero-order valence-electron chi connectivity index (χ0n) is 9.27. The van der Waals surface area contributed by atoms with Crippen molar-refractivity contribution in [3.05, 3.63) is 34.4 Å². The van der Waals surface area contributed by atoms with Gasteiger partial charge in [0.1, 0.15) is 6.29 Å². The van der Waals surface area contributed by atoms with Gasteiger partial charge in [-0.3, -0.25) is 0 Å². The predicted molar refractivity (Wildman–Crippen MR) is 56.5 cm³/mol. The Morgan fingerprint density at radius 3 is 2.41 bits per heavy atom. The van der Waals surface area contributed by atoms with Gasteiger partial charge in [-0.25, -0.2) is 0 Å². The minimum atomic E-state index is -4.41. The van der Waals surface area contributed by atoms with Gasteiger partial charge in [-0.2, -0.15) is 13.2 Å². The van der Waals surface area contributed by atoms with Crippen LogP contribution in [-0.4, -0.2) is 6.29 Å². The first kappa shape index (κ1) is 12.1. The highest BCUT2D eigenvalue weighted by atomic mass is 19.4. The van der Waals surface area contributed by atoms with Crippen LogP contribution in [0.4, 0.5) is 13.2 Å². The summed E-state index contributed by atoms with van der Waals surface area (Å²) in [4.78, 5) is 10.7. The third-order valence-electron chi connectivity index (χ3n) is 3.00. The van der Waals surface area contributed by atoms with Crippen molar-refractivity contribution in [3.63, 3.8) is 0 Å². The van der Waals surface area contributed by atoms with Gasteiger partial charge in [-0.05, 0) is 22.8 Å². The molecule has 0 saturated carbocycles. The van der Waals surface area contributed by atoms with Gasteiger partial charge in [-0.1, -0.05) is 13.0 Å². The van der Waals surface area contributed by atoms with E-state index in [-0.39, 0.29) is 5.56 Å². The zero-order chi connectivity index (χ0) is 12.6. The number of hydrogen-bond donors (Lipinski definition) is 1. The maximum absolute atomic E-state index is 12.9. The number of carbonyl (C=O) groups is 1. The van der Waals surface area contributed by atoms with Gasteiger partial charge < -0.3 is 10.1 Å². The lowest BCUT2D eigenvalue weighted by atomic mass is 9.92. The molecule has 17 heavy (non-hydrogen) atoms. The molecule has 1 N–H and O–H groups in total. The summed E-state index contributed by atoms with van der Waals surface area (Å²) in [6, 6.07) is 2.65. The van der Waals surface area contributed by atoms with Gasteiger partial charge >= 0.3 is 6.18 Å². The van der Waals surface area contributed by atoms with Crippen molar-refractivity contribution in [3.8, 4) is 0 Å². The van der Waals surface area contributed by atoms with Crippen LogP contribution in [0, 0.1) is 0 Å². The predicted octanol–water partition coefficient (Wildman–Crippen LogP) is 2.61. The molecule has 2 rings (SSSR count). The van der Waals surface area contributed by atoms with Crippen LogP contribution < -0.4 is 5.32 Å². The van der Waals surface area contributed by atoms with Gasteiger partial charge in [0.15, 0.2) is 0 Å². The lowest BCUT2D eigenvalue weighted by Gasteiger charge is -2.16. The van der Waals surface area contributed by atoms with E-state index in [9.17, 15) is 18.0 Å². The number of hydrogen-bond acceptors (Lipinski definition) is 2. The Morgan fingerprint density at radius 2 is 1.88 bits per heavy atom. The van der Waals surface area contributed by atoms with Crippen LogP contribution in [0.25, 0.3) is 0 Å². The Balaban J connectivity index is 2.59. The highest BCUT2D eigenvalue weighted by Gasteiger charge is 2.35. The number of alkyl halides is 3. The molecule has 1 aromatic carbocycles. The minimum Gasteiger partial charge on any atom is -0.309 e. The molecule has 1 heterocycles. The minimum absolute atomic E-state index is 0.0648. The first-order valence-electron chi connectivity index (χ1n) is 5.32. The summed E-state index contributed by atoms with van der Waals surface area (Å²) < 4.78 is 38.6. The van der Waals surface area contributed by atoms with Gasteiger partial charge in [0, 0.05) is 19.0 Å². The van der Waals surface area contributed by atoms with E-state index in [1.165, 1.54) is 13.0 Å². The van der Waals surface area contributed by atoms with Crippen LogP contribution in [-0.2, 0) is 24.1 Å². The molecule has 0 radical (unpaired) electrons. The van der Waals surface area contributed by atoms with E-state index in [4.69, 9.17) is 0 Å². The SMILES string of the molecule is CC(C=O)c1cc2c(cc1C(F)(F)F)CNC2. The summed E-state index contributed by atoms with van der Waals surface area (Å²) in [6.07, 6.45) is -3.87. The van der Waals surface area contributed by atoms with Gasteiger partial charge in [0.25, 0.3) is 0 Å². The molecule has 1 unspecified atom stereocenters. The fourth-order valence-corrected chi connectivity index (χ4v) is 2.06. The van der Waals surface area contributed by atoms with Gasteiger partial charge in [0.2, 0.25) is 0 Å². The Bertz CT molecular complexity index is 454. The summed E-state index contributed by atoms with van der Waals surface area (Å²) in [6.45, 7) is 2.49. The Morgan fingerprint density at radius 1 is 1.29 bits per heavy atom. The van der Waals surface area contributed by atoms with Crippen LogP contribution in [0.3, 0.4) is 0 Å². The van der Waals surface area contributed by atoms with Crippen LogP contribution in [0.15, 0.2) is 12.1 Å². The molecular formula is C12H12F3NO. The summed E-state index contributed by atoms with van der Waals surface area (Å²) in [7, 11) is 0. The maximum atomic E-state index is 12.9. The van der Waals surface area contributed by atoms with Gasteiger partial charge in [0.05, 0.1) is 5.56 Å². The highest BCUT2D eigenvalue weighted by Crippen LogP contribution is 2.37. The third kappa shape index (κ3) is 2.20. The van der Waals surface area contributed by atoms with Crippen molar-refractivity contribution < 1.29 is 18.0 Å². The molecule has 0 saturated heterocycles. The number of nitrogens with one attached hydrogen (secondary N) is 1. The number of aldehydes is 1. The second-order valence-electron chi connectivity index (χ2n) is 4.23. The lowest BCUT2D eigenvalue weighted by Crippen LogP contribution is -2.12. The Kier molecular flexibility index (Phi) is 2.95. The van der Waals surface area contributed by atoms with E-state index < -0.39 is 17.7 Å². The van der Waals surface area contributed by atoms with Crippen molar-refractivity contribution in [1.29, 1.82) is 0 Å². The molecule has 1 atom stereocenters. The molecule has 0 amide bonds. The third-order valence-corrected chi connectivity index (χ3v) is 3.00. The zero-order valence-corrected chi connectivity index (χ0v) is 9.27. The van der Waals surface area contributed by atoms with E-state index in [1.807, 2.05) is 0 Å². The molecular weight excluding hydrogens is 231 g/mol. The molecule has 1 aromatic rings. The van der Waals surface area contributed by atoms with E-state index in [0.717, 1.165) is 11.6 Å². The molecule has 92 valence electrons. The topological polar surface area (TPSA) is 29.1 Å². The average molecular weight is 243 g/mol. The largest absolute Gasteiger partial charge is 0.416 e. The van der Waals surface area contributed by atoms with Crippen molar-refractivity contribution in [1.82, 2.24) is 5.32 Å². The average Bonchev–Trinajstić information content (AvgIpc) is 2.72. The number of benzene rings is 1. The van der Waals surface area contributed by atoms with Crippen molar-refractivity contribution >= 4 is 6.29 Å². The number of carbonyl (C=O) groups excluding carboxylic acids is 1. The van der Waals surface area contributed by atoms with Crippen LogP contribution in [0.5, 0.6) is 0 Å². The van der Waals surface area contributed by atoms with E-state index in [0.29, 0.717) is 24.9 Å². The van der Waals surface area contributed by atoms with E-state index in [2.05, 4.69) is 5.32 Å². The standard InChI is InChI=1S/C12H12F3NO/c1-7(6-17)10-2-8-4-16-5-9(8)3-11(10)12(13,14)15/h2-3,6-7,16H,4-5H2,1H3. The van der Waals surface area contributed by atoms with Crippen LogP contribution >= 0.6 is 0 Å². The number of rotatable bonds is 2. The van der Waals surface area contributed by atoms with E-state index >= 15 is 0 Å². The summed E-state index contributed by atoms with van der Waals surface area (Å²) in [5, 5.41) is 2.99. The molecule has 5 heteroatoms. The lowest BCUT2D eigenvalue weighted by molar-refractivity contribution is -0.138. The highest BCUT2D eigenvalue weighted by molar-refractivity contribution is 5.63. The maximum Gasteiger partial charge on any atom is 0.416 e. The summed E-state index contributed by atoms with van der Waals surface area (Å²) in [5.74, 6) is -0.738. The molecule has 0 aromatic heterocycles. The van der Waals surface area contributed by atoms with E-state index in [1.54, 1.807) is 0 Å². The second-order valence-corrected chi connectivity index (χ2v) is 4.23. The van der Waals surface area contributed by atoms with Crippen molar-refractivity contribution in [2.24, 2.45) is 0 Å². The molecule has 2 nitrogen and oxygen atoms in total. The number of fused-ring (bicyclic) bond motifs is 1. The summed E-state index contributed by atoms with van der Waals surface area (Å²) in [5.41, 5.74) is 0.885. The smallest absolute Gasteiger partial charge is 0.309 e. The quantitative estimate of drug-likeness (QED) is 0.809. The molecule has 0 bridgehead atoms. The second kappa shape index (κ2) is 4.14. The monoisotopic (exact) mass is 243 g/mol. The molecule has 1 aliphatic heterocycles. The normalized spacial score (nSPS) is 16.7. The molecule has 1 aliphatic rings. The van der Waals surface area contributed by atoms with Crippen molar-refractivity contribution in [2.75, 3.05) is 0 Å². The molecule has 0 spiro atoms. The van der Waals surface area contributed by atoms with Gasteiger partial charge in [-0.15, -0.1) is 0 Å². The first-order valence-corrected chi connectivity index (χ1v) is 5.32. The van der Waals surface area contributed by atoms with Crippen LogP contribution in [0.1, 0.15) is 35.1 Å².